The van der Waals surface area contributed by atoms with Gasteiger partial charge in [-0.05, 0) is 25.7 Å². The molecule has 0 aromatic rings. The maximum absolute atomic E-state index is 5.73. The van der Waals surface area contributed by atoms with E-state index < -0.39 is 0 Å². The summed E-state index contributed by atoms with van der Waals surface area (Å²) in [7, 11) is 0. The van der Waals surface area contributed by atoms with Crippen LogP contribution in [0.2, 0.25) is 0 Å². The van der Waals surface area contributed by atoms with Gasteiger partial charge in [-0.15, -0.1) is 0 Å². The standard InChI is InChI=1S/C8H15NO/c1-8(7-2-3-7)6-9-4-5-10-8/h7,9H,2-6H2,1H3/t8-/m1/s1. The Kier molecular flexibility index (Phi) is 1.46. The van der Waals surface area contributed by atoms with Gasteiger partial charge in [0.1, 0.15) is 0 Å². The quantitative estimate of drug-likeness (QED) is 0.582. The van der Waals surface area contributed by atoms with Gasteiger partial charge in [0.15, 0.2) is 0 Å². The van der Waals surface area contributed by atoms with Gasteiger partial charge in [0.05, 0.1) is 12.2 Å². The minimum absolute atomic E-state index is 0.179. The Morgan fingerprint density at radius 3 is 2.80 bits per heavy atom. The van der Waals surface area contributed by atoms with Gasteiger partial charge in [-0.1, -0.05) is 0 Å². The zero-order valence-electron chi connectivity index (χ0n) is 6.52. The van der Waals surface area contributed by atoms with E-state index in [1.54, 1.807) is 0 Å². The summed E-state index contributed by atoms with van der Waals surface area (Å²) in [5.74, 6) is 0.847. The van der Waals surface area contributed by atoms with E-state index in [1.807, 2.05) is 0 Å². The number of rotatable bonds is 1. The smallest absolute Gasteiger partial charge is 0.0806 e. The Balaban J connectivity index is 1.97. The van der Waals surface area contributed by atoms with Crippen LogP contribution < -0.4 is 5.32 Å². The number of hydrogen-bond donors (Lipinski definition) is 1. The van der Waals surface area contributed by atoms with Crippen LogP contribution in [0.25, 0.3) is 0 Å². The summed E-state index contributed by atoms with van der Waals surface area (Å²) >= 11 is 0. The minimum atomic E-state index is 0.179. The summed E-state index contributed by atoms with van der Waals surface area (Å²) in [5, 5.41) is 3.37. The van der Waals surface area contributed by atoms with Crippen molar-refractivity contribution in [2.75, 3.05) is 19.7 Å². The molecule has 1 aliphatic carbocycles. The van der Waals surface area contributed by atoms with Gasteiger partial charge in [0.25, 0.3) is 0 Å². The van der Waals surface area contributed by atoms with Gasteiger partial charge in [-0.25, -0.2) is 0 Å². The molecule has 0 aromatic carbocycles. The average Bonchev–Trinajstić information content (AvgIpc) is 2.69. The molecule has 0 spiro atoms. The first kappa shape index (κ1) is 6.62. The van der Waals surface area contributed by atoms with E-state index in [0.717, 1.165) is 25.6 Å². The fourth-order valence-electron chi connectivity index (χ4n) is 1.70. The average molecular weight is 141 g/mol. The Morgan fingerprint density at radius 1 is 1.50 bits per heavy atom. The molecule has 10 heavy (non-hydrogen) atoms. The van der Waals surface area contributed by atoms with Crippen LogP contribution in [0.1, 0.15) is 19.8 Å². The van der Waals surface area contributed by atoms with Crippen molar-refractivity contribution in [2.45, 2.75) is 25.4 Å². The lowest BCUT2D eigenvalue weighted by Crippen LogP contribution is -2.49. The first-order valence-corrected chi connectivity index (χ1v) is 4.16. The van der Waals surface area contributed by atoms with Crippen molar-refractivity contribution in [1.29, 1.82) is 0 Å². The Morgan fingerprint density at radius 2 is 2.30 bits per heavy atom. The molecule has 2 heteroatoms. The molecule has 2 aliphatic rings. The van der Waals surface area contributed by atoms with E-state index in [9.17, 15) is 0 Å². The van der Waals surface area contributed by atoms with Crippen molar-refractivity contribution < 1.29 is 4.74 Å². The first-order chi connectivity index (χ1) is 4.81. The lowest BCUT2D eigenvalue weighted by atomic mass is 9.99. The molecule has 1 aliphatic heterocycles. The van der Waals surface area contributed by atoms with E-state index in [4.69, 9.17) is 4.74 Å². The number of nitrogens with one attached hydrogen (secondary N) is 1. The highest BCUT2D eigenvalue weighted by atomic mass is 16.5. The van der Waals surface area contributed by atoms with Crippen molar-refractivity contribution in [1.82, 2.24) is 5.32 Å². The van der Waals surface area contributed by atoms with E-state index in [0.29, 0.717) is 0 Å². The molecular weight excluding hydrogens is 126 g/mol. The summed E-state index contributed by atoms with van der Waals surface area (Å²) < 4.78 is 5.73. The van der Waals surface area contributed by atoms with Gasteiger partial charge in [-0.3, -0.25) is 0 Å². The van der Waals surface area contributed by atoms with Crippen LogP contribution in [0.3, 0.4) is 0 Å². The first-order valence-electron chi connectivity index (χ1n) is 4.16. The molecule has 0 bridgehead atoms. The summed E-state index contributed by atoms with van der Waals surface area (Å²) in [6.45, 7) is 5.21. The number of ether oxygens (including phenoxy) is 1. The Bertz CT molecular complexity index is 125. The largest absolute Gasteiger partial charge is 0.372 e. The van der Waals surface area contributed by atoms with E-state index in [1.165, 1.54) is 12.8 Å². The summed E-state index contributed by atoms with van der Waals surface area (Å²) in [4.78, 5) is 0. The van der Waals surface area contributed by atoms with E-state index in [-0.39, 0.29) is 5.60 Å². The molecule has 0 unspecified atom stereocenters. The molecule has 58 valence electrons. The predicted octanol–water partition coefficient (Wildman–Crippen LogP) is 0.775. The normalized spacial score (nSPS) is 41.7. The fourth-order valence-corrected chi connectivity index (χ4v) is 1.70. The van der Waals surface area contributed by atoms with Gasteiger partial charge in [0.2, 0.25) is 0 Å². The van der Waals surface area contributed by atoms with E-state index >= 15 is 0 Å². The maximum atomic E-state index is 5.73. The highest BCUT2D eigenvalue weighted by Gasteiger charge is 2.43. The molecular formula is C8H15NO. The summed E-state index contributed by atoms with van der Waals surface area (Å²) in [6.07, 6.45) is 2.75. The van der Waals surface area contributed by atoms with Gasteiger partial charge >= 0.3 is 0 Å². The van der Waals surface area contributed by atoms with Crippen molar-refractivity contribution in [3.05, 3.63) is 0 Å². The second kappa shape index (κ2) is 2.21. The van der Waals surface area contributed by atoms with E-state index in [2.05, 4.69) is 12.2 Å². The molecule has 0 radical (unpaired) electrons. The van der Waals surface area contributed by atoms with Crippen LogP contribution in [0.5, 0.6) is 0 Å². The second-order valence-electron chi connectivity index (χ2n) is 3.61. The summed E-state index contributed by atoms with van der Waals surface area (Å²) in [6, 6.07) is 0. The molecule has 2 fully saturated rings. The topological polar surface area (TPSA) is 21.3 Å². The van der Waals surface area contributed by atoms with Crippen LogP contribution in [0.4, 0.5) is 0 Å². The number of morpholine rings is 1. The minimum Gasteiger partial charge on any atom is -0.372 e. The molecule has 1 saturated carbocycles. The van der Waals surface area contributed by atoms with Crippen molar-refractivity contribution in [3.8, 4) is 0 Å². The van der Waals surface area contributed by atoms with Crippen LogP contribution >= 0.6 is 0 Å². The van der Waals surface area contributed by atoms with Gasteiger partial charge in [-0.2, -0.15) is 0 Å². The molecule has 1 N–H and O–H groups in total. The molecule has 2 nitrogen and oxygen atoms in total. The lowest BCUT2D eigenvalue weighted by molar-refractivity contribution is -0.0675. The molecule has 1 heterocycles. The molecule has 1 atom stereocenters. The van der Waals surface area contributed by atoms with Crippen molar-refractivity contribution >= 4 is 0 Å². The predicted molar refractivity (Wildman–Crippen MR) is 40.0 cm³/mol. The third-order valence-corrected chi connectivity index (χ3v) is 2.63. The Labute approximate surface area is 61.9 Å². The molecule has 0 aromatic heterocycles. The molecule has 2 rings (SSSR count). The maximum Gasteiger partial charge on any atom is 0.0806 e. The highest BCUT2D eigenvalue weighted by molar-refractivity contribution is 4.95. The molecule has 0 amide bonds. The fraction of sp³-hybridized carbons (Fsp3) is 1.00. The third kappa shape index (κ3) is 1.06. The zero-order chi connectivity index (χ0) is 7.03. The van der Waals surface area contributed by atoms with Crippen LogP contribution in [-0.2, 0) is 4.74 Å². The second-order valence-corrected chi connectivity index (χ2v) is 3.61. The summed E-state index contributed by atoms with van der Waals surface area (Å²) in [5.41, 5.74) is 0.179. The van der Waals surface area contributed by atoms with Crippen molar-refractivity contribution in [2.24, 2.45) is 5.92 Å². The lowest BCUT2D eigenvalue weighted by Gasteiger charge is -2.34. The highest BCUT2D eigenvalue weighted by Crippen LogP contribution is 2.41. The number of hydrogen-bond acceptors (Lipinski definition) is 2. The SMILES string of the molecule is C[C@]1(C2CC2)CNCCO1. The van der Waals surface area contributed by atoms with Crippen molar-refractivity contribution in [3.63, 3.8) is 0 Å². The molecule has 1 saturated heterocycles. The monoisotopic (exact) mass is 141 g/mol. The van der Waals surface area contributed by atoms with Crippen LogP contribution in [-0.4, -0.2) is 25.3 Å². The zero-order valence-corrected chi connectivity index (χ0v) is 6.52. The Hall–Kier alpha value is -0.0800. The van der Waals surface area contributed by atoms with Crippen LogP contribution in [0, 0.1) is 5.92 Å². The van der Waals surface area contributed by atoms with Gasteiger partial charge < -0.3 is 10.1 Å². The van der Waals surface area contributed by atoms with Gasteiger partial charge in [0, 0.05) is 13.1 Å². The van der Waals surface area contributed by atoms with Crippen LogP contribution in [0.15, 0.2) is 0 Å². The third-order valence-electron chi connectivity index (χ3n) is 2.63.